The monoisotopic (exact) mass is 372 g/mol. The highest BCUT2D eigenvalue weighted by molar-refractivity contribution is 5.87. The Kier molecular flexibility index (Phi) is 6.44. The van der Waals surface area contributed by atoms with E-state index in [0.717, 1.165) is 0 Å². The van der Waals surface area contributed by atoms with Crippen LogP contribution in [0.15, 0.2) is 12.2 Å². The van der Waals surface area contributed by atoms with E-state index in [9.17, 15) is 9.59 Å². The maximum absolute atomic E-state index is 12.2. The van der Waals surface area contributed by atoms with Crippen LogP contribution in [0, 0.1) is 0 Å². The molecule has 0 aliphatic carbocycles. The van der Waals surface area contributed by atoms with Gasteiger partial charge in [0.05, 0.1) is 19.6 Å². The molecule has 0 aromatic heterocycles. The Balaban J connectivity index is 1.95. The van der Waals surface area contributed by atoms with Crippen molar-refractivity contribution in [3.8, 4) is 0 Å². The molecule has 0 aromatic carbocycles. The molecule has 0 saturated carbocycles. The molecule has 0 N–H and O–H groups in total. The molecule has 2 atom stereocenters. The van der Waals surface area contributed by atoms with Crippen LogP contribution in [0.5, 0.6) is 0 Å². The molecule has 0 spiro atoms. The molecule has 2 saturated heterocycles. The van der Waals surface area contributed by atoms with Gasteiger partial charge in [-0.05, 0) is 34.6 Å². The molecule has 2 unspecified atom stereocenters. The minimum atomic E-state index is -0.763. The maximum atomic E-state index is 12.2. The molecule has 2 rings (SSSR count). The van der Waals surface area contributed by atoms with E-state index in [2.05, 4.69) is 6.58 Å². The lowest BCUT2D eigenvalue weighted by atomic mass is 10.1. The largest absolute Gasteiger partial charge is 0.462 e. The van der Waals surface area contributed by atoms with E-state index in [0.29, 0.717) is 0 Å². The molecule has 8 nitrogen and oxygen atoms in total. The van der Waals surface area contributed by atoms with Gasteiger partial charge in [0.2, 0.25) is 0 Å². The van der Waals surface area contributed by atoms with Gasteiger partial charge in [-0.15, -0.1) is 0 Å². The Hall–Kier alpha value is -1.48. The van der Waals surface area contributed by atoms with Crippen molar-refractivity contribution in [2.24, 2.45) is 0 Å². The summed E-state index contributed by atoms with van der Waals surface area (Å²) < 4.78 is 33.3. The van der Waals surface area contributed by atoms with Gasteiger partial charge in [0.25, 0.3) is 0 Å². The molecule has 2 aliphatic rings. The molecular weight excluding hydrogens is 344 g/mol. The molecule has 0 bridgehead atoms. The lowest BCUT2D eigenvalue weighted by Gasteiger charge is -2.28. The first-order valence-electron chi connectivity index (χ1n) is 8.65. The van der Waals surface area contributed by atoms with Crippen molar-refractivity contribution in [3.63, 3.8) is 0 Å². The van der Waals surface area contributed by atoms with Crippen molar-refractivity contribution in [2.45, 2.75) is 70.9 Å². The van der Waals surface area contributed by atoms with Crippen LogP contribution in [0.1, 0.15) is 41.0 Å². The molecule has 148 valence electrons. The van der Waals surface area contributed by atoms with Gasteiger partial charge in [-0.25, -0.2) is 4.79 Å². The SMILES string of the molecule is C=C(C)C(=O)OCCC(=O)OC(C1COC(C)(C)O1)C1COC(C)(C)O1. The summed E-state index contributed by atoms with van der Waals surface area (Å²) in [6, 6.07) is 0. The van der Waals surface area contributed by atoms with E-state index < -0.39 is 41.8 Å². The Bertz CT molecular complexity index is 527. The topological polar surface area (TPSA) is 89.5 Å². The van der Waals surface area contributed by atoms with Crippen LogP contribution >= 0.6 is 0 Å². The Morgan fingerprint density at radius 3 is 1.96 bits per heavy atom. The lowest BCUT2D eigenvalue weighted by molar-refractivity contribution is -0.195. The Labute approximate surface area is 153 Å². The van der Waals surface area contributed by atoms with Crippen LogP contribution in [-0.4, -0.2) is 61.6 Å². The average Bonchev–Trinajstić information content (AvgIpc) is 3.06. The number of ether oxygens (including phenoxy) is 6. The van der Waals surface area contributed by atoms with Crippen LogP contribution in [0.4, 0.5) is 0 Å². The van der Waals surface area contributed by atoms with E-state index in [4.69, 9.17) is 28.4 Å². The highest BCUT2D eigenvalue weighted by atomic mass is 16.8. The number of carbonyl (C=O) groups excluding carboxylic acids is 2. The van der Waals surface area contributed by atoms with Crippen molar-refractivity contribution < 1.29 is 38.0 Å². The molecule has 8 heteroatoms. The predicted molar refractivity (Wildman–Crippen MR) is 90.1 cm³/mol. The summed E-state index contributed by atoms with van der Waals surface area (Å²) in [5, 5.41) is 0. The Morgan fingerprint density at radius 2 is 1.58 bits per heavy atom. The van der Waals surface area contributed by atoms with E-state index in [1.54, 1.807) is 27.7 Å². The predicted octanol–water partition coefficient (Wildman–Crippen LogP) is 1.71. The van der Waals surface area contributed by atoms with Crippen molar-refractivity contribution in [1.82, 2.24) is 0 Å². The third-order valence-electron chi connectivity index (χ3n) is 3.95. The van der Waals surface area contributed by atoms with Crippen molar-refractivity contribution in [3.05, 3.63) is 12.2 Å². The summed E-state index contributed by atoms with van der Waals surface area (Å²) in [6.45, 7) is 12.6. The highest BCUT2D eigenvalue weighted by Crippen LogP contribution is 2.32. The molecule has 26 heavy (non-hydrogen) atoms. The molecule has 0 amide bonds. The standard InChI is InChI=1S/C18H28O8/c1-11(2)16(20)21-8-7-14(19)24-15(12-9-22-17(3,4)25-12)13-10-23-18(5,6)26-13/h12-13,15H,1,7-10H2,2-6H3. The quantitative estimate of drug-likeness (QED) is 0.493. The minimum absolute atomic E-state index is 0.0799. The number of hydrogen-bond donors (Lipinski definition) is 0. The molecule has 2 fully saturated rings. The van der Waals surface area contributed by atoms with Gasteiger partial charge in [-0.2, -0.15) is 0 Å². The first-order chi connectivity index (χ1) is 12.0. The zero-order valence-electron chi connectivity index (χ0n) is 16.0. The van der Waals surface area contributed by atoms with Gasteiger partial charge in [0.15, 0.2) is 17.7 Å². The van der Waals surface area contributed by atoms with Gasteiger partial charge >= 0.3 is 11.9 Å². The second kappa shape index (κ2) is 8.04. The highest BCUT2D eigenvalue weighted by Gasteiger charge is 2.47. The van der Waals surface area contributed by atoms with Gasteiger partial charge < -0.3 is 28.4 Å². The second-order valence-electron chi connectivity index (χ2n) is 7.35. The molecule has 2 aliphatic heterocycles. The summed E-state index contributed by atoms with van der Waals surface area (Å²) in [4.78, 5) is 23.6. The van der Waals surface area contributed by atoms with E-state index in [-0.39, 0.29) is 31.8 Å². The summed E-state index contributed by atoms with van der Waals surface area (Å²) in [6.07, 6.45) is -1.73. The normalized spacial score (nSPS) is 27.7. The summed E-state index contributed by atoms with van der Waals surface area (Å²) in [5.41, 5.74) is 0.272. The van der Waals surface area contributed by atoms with Gasteiger partial charge in [0.1, 0.15) is 18.8 Å². The summed E-state index contributed by atoms with van der Waals surface area (Å²) >= 11 is 0. The van der Waals surface area contributed by atoms with Gasteiger partial charge in [0, 0.05) is 5.57 Å². The third kappa shape index (κ3) is 5.77. The number of rotatable bonds is 7. The second-order valence-corrected chi connectivity index (χ2v) is 7.35. The van der Waals surface area contributed by atoms with Crippen molar-refractivity contribution in [1.29, 1.82) is 0 Å². The van der Waals surface area contributed by atoms with Crippen LogP contribution in [0.25, 0.3) is 0 Å². The van der Waals surface area contributed by atoms with Crippen molar-refractivity contribution in [2.75, 3.05) is 19.8 Å². The van der Waals surface area contributed by atoms with Crippen LogP contribution in [0.2, 0.25) is 0 Å². The van der Waals surface area contributed by atoms with E-state index >= 15 is 0 Å². The lowest BCUT2D eigenvalue weighted by Crippen LogP contribution is -2.45. The van der Waals surface area contributed by atoms with Gasteiger partial charge in [-0.1, -0.05) is 6.58 Å². The van der Waals surface area contributed by atoms with Crippen LogP contribution in [0.3, 0.4) is 0 Å². The first-order valence-corrected chi connectivity index (χ1v) is 8.65. The molecular formula is C18H28O8. The minimum Gasteiger partial charge on any atom is -0.462 e. The van der Waals surface area contributed by atoms with Crippen LogP contribution in [-0.2, 0) is 38.0 Å². The van der Waals surface area contributed by atoms with E-state index in [1.165, 1.54) is 6.92 Å². The summed E-state index contributed by atoms with van der Waals surface area (Å²) in [7, 11) is 0. The zero-order valence-corrected chi connectivity index (χ0v) is 16.0. The molecule has 0 radical (unpaired) electrons. The van der Waals surface area contributed by atoms with Gasteiger partial charge in [-0.3, -0.25) is 4.79 Å². The van der Waals surface area contributed by atoms with Crippen LogP contribution < -0.4 is 0 Å². The fraction of sp³-hybridized carbons (Fsp3) is 0.778. The number of esters is 2. The molecule has 2 heterocycles. The number of carbonyl (C=O) groups is 2. The third-order valence-corrected chi connectivity index (χ3v) is 3.95. The first kappa shape index (κ1) is 20.8. The molecule has 0 aromatic rings. The van der Waals surface area contributed by atoms with Crippen molar-refractivity contribution >= 4 is 11.9 Å². The number of hydrogen-bond acceptors (Lipinski definition) is 8. The zero-order chi connectivity index (χ0) is 19.5. The smallest absolute Gasteiger partial charge is 0.333 e. The average molecular weight is 372 g/mol. The summed E-state index contributed by atoms with van der Waals surface area (Å²) in [5.74, 6) is -2.59. The fourth-order valence-electron chi connectivity index (χ4n) is 2.71. The maximum Gasteiger partial charge on any atom is 0.333 e. The fourth-order valence-corrected chi connectivity index (χ4v) is 2.71. The van der Waals surface area contributed by atoms with E-state index in [1.807, 2.05) is 0 Å². The Morgan fingerprint density at radius 1 is 1.08 bits per heavy atom.